The maximum atomic E-state index is 11.2. The highest BCUT2D eigenvalue weighted by Crippen LogP contribution is 1.99. The van der Waals surface area contributed by atoms with Gasteiger partial charge in [0.05, 0.1) is 6.33 Å². The van der Waals surface area contributed by atoms with E-state index in [1.165, 1.54) is 12.4 Å². The van der Waals surface area contributed by atoms with Gasteiger partial charge in [0.1, 0.15) is 5.15 Å². The second-order valence-corrected chi connectivity index (χ2v) is 3.48. The van der Waals surface area contributed by atoms with Crippen LogP contribution in [0.1, 0.15) is 13.8 Å². The van der Waals surface area contributed by atoms with E-state index in [1.807, 2.05) is 13.8 Å². The molecule has 1 aromatic heterocycles. The molecular weight excluding hydrogens is 176 g/mol. The average Bonchev–Trinajstić information content (AvgIpc) is 1.94. The third kappa shape index (κ3) is 2.34. The van der Waals surface area contributed by atoms with E-state index < -0.39 is 0 Å². The van der Waals surface area contributed by atoms with Crippen LogP contribution in [0.4, 0.5) is 0 Å². The maximum Gasteiger partial charge on any atom is 0.254 e. The molecule has 0 amide bonds. The normalized spacial score (nSPS) is 10.7. The van der Waals surface area contributed by atoms with Crippen LogP contribution in [-0.2, 0) is 6.54 Å². The minimum atomic E-state index is -0.0938. The average molecular weight is 187 g/mol. The zero-order chi connectivity index (χ0) is 9.14. The van der Waals surface area contributed by atoms with Gasteiger partial charge in [0.2, 0.25) is 0 Å². The molecule has 0 aliphatic heterocycles. The van der Waals surface area contributed by atoms with E-state index in [-0.39, 0.29) is 10.7 Å². The van der Waals surface area contributed by atoms with E-state index in [0.717, 1.165) is 0 Å². The molecule has 1 heterocycles. The van der Waals surface area contributed by atoms with Gasteiger partial charge >= 0.3 is 0 Å². The van der Waals surface area contributed by atoms with Gasteiger partial charge in [-0.3, -0.25) is 9.36 Å². The van der Waals surface area contributed by atoms with E-state index in [4.69, 9.17) is 11.6 Å². The number of halogens is 1. The fourth-order valence-corrected chi connectivity index (χ4v) is 1.07. The van der Waals surface area contributed by atoms with Gasteiger partial charge < -0.3 is 0 Å². The second-order valence-electron chi connectivity index (χ2n) is 3.10. The van der Waals surface area contributed by atoms with Gasteiger partial charge in [0.15, 0.2) is 0 Å². The van der Waals surface area contributed by atoms with Crippen molar-refractivity contribution in [2.75, 3.05) is 0 Å². The number of nitrogens with zero attached hydrogens (tertiary/aromatic N) is 2. The van der Waals surface area contributed by atoms with E-state index in [2.05, 4.69) is 4.98 Å². The van der Waals surface area contributed by atoms with Crippen LogP contribution in [-0.4, -0.2) is 9.55 Å². The predicted octanol–water partition coefficient (Wildman–Crippen LogP) is 1.55. The molecule has 1 rings (SSSR count). The van der Waals surface area contributed by atoms with Crippen LogP contribution in [0.25, 0.3) is 0 Å². The van der Waals surface area contributed by atoms with Crippen molar-refractivity contribution in [2.24, 2.45) is 5.92 Å². The molecule has 3 nitrogen and oxygen atoms in total. The van der Waals surface area contributed by atoms with Crippen molar-refractivity contribution in [3.63, 3.8) is 0 Å². The Labute approximate surface area is 76.0 Å². The Hall–Kier alpha value is -0.830. The third-order valence-corrected chi connectivity index (χ3v) is 1.61. The molecule has 1 aromatic rings. The second kappa shape index (κ2) is 3.72. The lowest BCUT2D eigenvalue weighted by Crippen LogP contribution is -2.21. The molecule has 0 radical (unpaired) electrons. The van der Waals surface area contributed by atoms with Gasteiger partial charge in [-0.2, -0.15) is 0 Å². The number of hydrogen-bond donors (Lipinski definition) is 0. The molecule has 0 saturated heterocycles. The minimum absolute atomic E-state index is 0.0938. The van der Waals surface area contributed by atoms with Crippen LogP contribution >= 0.6 is 11.6 Å². The molecule has 0 N–H and O–H groups in total. The van der Waals surface area contributed by atoms with E-state index in [9.17, 15) is 4.79 Å². The van der Waals surface area contributed by atoms with E-state index in [0.29, 0.717) is 12.5 Å². The molecule has 0 atom stereocenters. The third-order valence-electron chi connectivity index (χ3n) is 1.41. The highest BCUT2D eigenvalue weighted by molar-refractivity contribution is 6.29. The van der Waals surface area contributed by atoms with E-state index >= 15 is 0 Å². The fraction of sp³-hybridized carbons (Fsp3) is 0.500. The molecule has 0 aliphatic carbocycles. The van der Waals surface area contributed by atoms with Crippen molar-refractivity contribution < 1.29 is 0 Å². The van der Waals surface area contributed by atoms with Crippen LogP contribution in [0.3, 0.4) is 0 Å². The highest BCUT2D eigenvalue weighted by atomic mass is 35.5. The zero-order valence-electron chi connectivity index (χ0n) is 7.12. The Morgan fingerprint density at radius 3 is 2.83 bits per heavy atom. The van der Waals surface area contributed by atoms with Crippen LogP contribution in [0.5, 0.6) is 0 Å². The Morgan fingerprint density at radius 1 is 1.67 bits per heavy atom. The summed E-state index contributed by atoms with van der Waals surface area (Å²) in [4.78, 5) is 15.0. The predicted molar refractivity (Wildman–Crippen MR) is 48.3 cm³/mol. The smallest absolute Gasteiger partial charge is 0.254 e. The van der Waals surface area contributed by atoms with Gasteiger partial charge in [0.25, 0.3) is 5.56 Å². The first kappa shape index (κ1) is 9.26. The number of hydrogen-bond acceptors (Lipinski definition) is 2. The lowest BCUT2D eigenvalue weighted by molar-refractivity contribution is 0.505. The van der Waals surface area contributed by atoms with E-state index in [1.54, 1.807) is 4.57 Å². The van der Waals surface area contributed by atoms with Gasteiger partial charge in [-0.05, 0) is 5.92 Å². The van der Waals surface area contributed by atoms with Crippen molar-refractivity contribution >= 4 is 11.6 Å². The zero-order valence-corrected chi connectivity index (χ0v) is 7.88. The van der Waals surface area contributed by atoms with Crippen LogP contribution in [0, 0.1) is 5.92 Å². The molecule has 0 aliphatic rings. The van der Waals surface area contributed by atoms with Crippen molar-refractivity contribution in [3.05, 3.63) is 27.9 Å². The molecule has 0 aromatic carbocycles. The fourth-order valence-electron chi connectivity index (χ4n) is 0.934. The summed E-state index contributed by atoms with van der Waals surface area (Å²) in [5, 5.41) is 0.250. The summed E-state index contributed by atoms with van der Waals surface area (Å²) in [6.07, 6.45) is 1.48. The first-order chi connectivity index (χ1) is 5.59. The molecule has 0 spiro atoms. The molecule has 0 fully saturated rings. The number of aromatic nitrogens is 2. The quantitative estimate of drug-likeness (QED) is 0.657. The van der Waals surface area contributed by atoms with Crippen LogP contribution in [0.2, 0.25) is 5.15 Å². The highest BCUT2D eigenvalue weighted by Gasteiger charge is 1.99. The molecule has 4 heteroatoms. The standard InChI is InChI=1S/C8H11ClN2O/c1-6(2)4-11-5-10-7(9)3-8(11)12/h3,5-6H,4H2,1-2H3. The Morgan fingerprint density at radius 2 is 2.33 bits per heavy atom. The first-order valence-corrected chi connectivity index (χ1v) is 4.19. The molecule has 0 bridgehead atoms. The van der Waals surface area contributed by atoms with Crippen LogP contribution in [0.15, 0.2) is 17.2 Å². The van der Waals surface area contributed by atoms with Gasteiger partial charge in [-0.15, -0.1) is 0 Å². The van der Waals surface area contributed by atoms with Gasteiger partial charge in [-0.25, -0.2) is 4.98 Å². The molecule has 0 saturated carbocycles. The Bertz CT molecular complexity index is 319. The van der Waals surface area contributed by atoms with Gasteiger partial charge in [-0.1, -0.05) is 25.4 Å². The lowest BCUT2D eigenvalue weighted by Gasteiger charge is -2.06. The summed E-state index contributed by atoms with van der Waals surface area (Å²) in [7, 11) is 0. The van der Waals surface area contributed by atoms with Crippen molar-refractivity contribution in [1.82, 2.24) is 9.55 Å². The minimum Gasteiger partial charge on any atom is -0.299 e. The summed E-state index contributed by atoms with van der Waals surface area (Å²) < 4.78 is 1.55. The van der Waals surface area contributed by atoms with Gasteiger partial charge in [0, 0.05) is 12.6 Å². The molecule has 66 valence electrons. The van der Waals surface area contributed by atoms with Crippen molar-refractivity contribution in [3.8, 4) is 0 Å². The molecule has 0 unspecified atom stereocenters. The first-order valence-electron chi connectivity index (χ1n) is 3.81. The largest absolute Gasteiger partial charge is 0.299 e. The number of rotatable bonds is 2. The van der Waals surface area contributed by atoms with Crippen molar-refractivity contribution in [2.45, 2.75) is 20.4 Å². The van der Waals surface area contributed by atoms with Crippen molar-refractivity contribution in [1.29, 1.82) is 0 Å². The maximum absolute atomic E-state index is 11.2. The Balaban J connectivity index is 2.94. The van der Waals surface area contributed by atoms with Crippen LogP contribution < -0.4 is 5.56 Å². The molecule has 12 heavy (non-hydrogen) atoms. The summed E-state index contributed by atoms with van der Waals surface area (Å²) in [5.74, 6) is 0.436. The Kier molecular flexibility index (Phi) is 2.87. The summed E-state index contributed by atoms with van der Waals surface area (Å²) >= 11 is 5.53. The monoisotopic (exact) mass is 186 g/mol. The lowest BCUT2D eigenvalue weighted by atomic mass is 10.2. The summed E-state index contributed by atoms with van der Waals surface area (Å²) in [5.41, 5.74) is -0.0938. The summed E-state index contributed by atoms with van der Waals surface area (Å²) in [6, 6.07) is 1.32. The topological polar surface area (TPSA) is 34.9 Å². The SMILES string of the molecule is CC(C)Cn1cnc(Cl)cc1=O. The molecular formula is C8H11ClN2O. The summed E-state index contributed by atoms with van der Waals surface area (Å²) in [6.45, 7) is 4.77.